The Labute approximate surface area is 229 Å². The molecule has 0 bridgehead atoms. The maximum Gasteiger partial charge on any atom is 0.303 e. The summed E-state index contributed by atoms with van der Waals surface area (Å²) >= 11 is 0. The van der Waals surface area contributed by atoms with E-state index in [1.807, 2.05) is 55.5 Å². The van der Waals surface area contributed by atoms with Gasteiger partial charge in [0.1, 0.15) is 5.41 Å². The molecule has 3 fully saturated rings. The monoisotopic (exact) mass is 531 g/mol. The number of nitrogens with one attached hydrogen (secondary N) is 1. The van der Waals surface area contributed by atoms with Gasteiger partial charge in [-0.1, -0.05) is 62.4 Å². The van der Waals surface area contributed by atoms with E-state index in [-0.39, 0.29) is 35.8 Å². The van der Waals surface area contributed by atoms with Gasteiger partial charge in [-0.05, 0) is 61.8 Å². The van der Waals surface area contributed by atoms with E-state index >= 15 is 0 Å². The molecule has 0 radical (unpaired) electrons. The highest BCUT2D eigenvalue weighted by Gasteiger charge is 2.78. The van der Waals surface area contributed by atoms with E-state index in [9.17, 15) is 19.2 Å². The van der Waals surface area contributed by atoms with Gasteiger partial charge in [-0.3, -0.25) is 19.2 Å². The summed E-state index contributed by atoms with van der Waals surface area (Å²) in [5.74, 6) is -2.68. The number of epoxide rings is 1. The number of fused-ring (bicyclic) bond motifs is 2. The first-order valence-corrected chi connectivity index (χ1v) is 13.8. The molecule has 7 heteroatoms. The molecule has 1 aromatic carbocycles. The first-order valence-electron chi connectivity index (χ1n) is 13.8. The molecule has 1 spiro atoms. The molecule has 7 nitrogen and oxygen atoms in total. The Morgan fingerprint density at radius 2 is 1.85 bits per heavy atom. The van der Waals surface area contributed by atoms with Crippen molar-refractivity contribution in [2.45, 2.75) is 71.3 Å². The topological polar surface area (TPSA) is 102 Å². The van der Waals surface area contributed by atoms with Crippen LogP contribution >= 0.6 is 0 Å². The molecular formula is C32H37NO6. The van der Waals surface area contributed by atoms with E-state index in [2.05, 4.69) is 19.2 Å². The van der Waals surface area contributed by atoms with E-state index in [0.717, 1.165) is 5.56 Å². The van der Waals surface area contributed by atoms with Crippen LogP contribution in [0, 0.1) is 29.1 Å². The standard InChI is InChI=1S/C32H37NO6/c1-18-10-9-13-23-29-31(5,39-29)20(3)27-24(17-22-11-7-6-8-12-22)33-30(37)32(23,27)26(36)15-14-25(35)28(19(2)16-18)38-21(4)34/h6-9,11-16,18,20,23-24,27-29H,10,17H2,1-5H3,(H,33,37)/b13-9+,15-14+,19-16+/t18-,20-,23-,24-,27-,28-,29-,31+,32+/m0/s1. The van der Waals surface area contributed by atoms with Crippen LogP contribution in [0.2, 0.25) is 0 Å². The quantitative estimate of drug-likeness (QED) is 0.275. The first kappa shape index (κ1) is 27.3. The molecule has 1 saturated carbocycles. The Balaban J connectivity index is 1.61. The van der Waals surface area contributed by atoms with Crippen molar-refractivity contribution in [3.05, 3.63) is 71.8 Å². The lowest BCUT2D eigenvalue weighted by atomic mass is 9.51. The zero-order chi connectivity index (χ0) is 28.1. The second-order valence-corrected chi connectivity index (χ2v) is 11.8. The van der Waals surface area contributed by atoms with E-state index in [1.54, 1.807) is 6.92 Å². The number of rotatable bonds is 3. The normalized spacial score (nSPS) is 42.6. The van der Waals surface area contributed by atoms with Crippen molar-refractivity contribution < 1.29 is 28.7 Å². The summed E-state index contributed by atoms with van der Waals surface area (Å²) in [6, 6.07) is 9.66. The minimum absolute atomic E-state index is 0.0385. The Morgan fingerprint density at radius 1 is 1.13 bits per heavy atom. The van der Waals surface area contributed by atoms with Crippen LogP contribution in [0.15, 0.2) is 66.3 Å². The predicted octanol–water partition coefficient (Wildman–Crippen LogP) is 3.92. The number of amides is 1. The fraction of sp³-hybridized carbons (Fsp3) is 0.500. The smallest absolute Gasteiger partial charge is 0.303 e. The van der Waals surface area contributed by atoms with E-state index in [0.29, 0.717) is 18.4 Å². The third kappa shape index (κ3) is 4.50. The van der Waals surface area contributed by atoms with Gasteiger partial charge in [-0.2, -0.15) is 0 Å². The van der Waals surface area contributed by atoms with Gasteiger partial charge >= 0.3 is 5.97 Å². The second-order valence-electron chi connectivity index (χ2n) is 11.8. The van der Waals surface area contributed by atoms with Crippen LogP contribution in [0.25, 0.3) is 0 Å². The summed E-state index contributed by atoms with van der Waals surface area (Å²) in [5.41, 5.74) is -0.177. The Morgan fingerprint density at radius 3 is 2.54 bits per heavy atom. The summed E-state index contributed by atoms with van der Waals surface area (Å²) in [4.78, 5) is 53.4. The summed E-state index contributed by atoms with van der Waals surface area (Å²) < 4.78 is 11.7. The van der Waals surface area contributed by atoms with Gasteiger partial charge in [0.2, 0.25) is 11.7 Å². The SMILES string of the molecule is CC(=O)O[C@@H]1C(=O)/C=C/C(=O)[C@@]23C(=O)N[C@@H](Cc4ccccc4)[C@@H]2[C@H](C)[C@@]2(C)O[C@H]2[C@@H]3/C=C/C[C@H](C)/C=C/1C. The minimum Gasteiger partial charge on any atom is -0.450 e. The fourth-order valence-electron chi connectivity index (χ4n) is 7.30. The van der Waals surface area contributed by atoms with Gasteiger partial charge in [-0.25, -0.2) is 0 Å². The number of esters is 1. The third-order valence-corrected chi connectivity index (χ3v) is 9.29. The number of allylic oxidation sites excluding steroid dienone is 3. The highest BCUT2D eigenvalue weighted by atomic mass is 16.6. The van der Waals surface area contributed by atoms with Crippen LogP contribution in [0.1, 0.15) is 46.6 Å². The molecule has 206 valence electrons. The van der Waals surface area contributed by atoms with Crippen molar-refractivity contribution in [2.75, 3.05) is 0 Å². The van der Waals surface area contributed by atoms with Crippen LogP contribution < -0.4 is 5.32 Å². The summed E-state index contributed by atoms with van der Waals surface area (Å²) in [6.07, 6.45) is 8.15. The lowest BCUT2D eigenvalue weighted by molar-refractivity contribution is -0.149. The van der Waals surface area contributed by atoms with Gasteiger partial charge in [0.15, 0.2) is 11.9 Å². The highest BCUT2D eigenvalue weighted by Crippen LogP contribution is 2.66. The Bertz CT molecular complexity index is 1280. The Hall–Kier alpha value is -3.32. The third-order valence-electron chi connectivity index (χ3n) is 9.29. The molecule has 0 unspecified atom stereocenters. The van der Waals surface area contributed by atoms with Gasteiger partial charge in [-0.15, -0.1) is 0 Å². The second kappa shape index (κ2) is 10.0. The van der Waals surface area contributed by atoms with Gasteiger partial charge in [0.05, 0.1) is 11.7 Å². The lowest BCUT2D eigenvalue weighted by Crippen LogP contribution is -2.58. The van der Waals surface area contributed by atoms with Crippen molar-refractivity contribution in [3.8, 4) is 0 Å². The summed E-state index contributed by atoms with van der Waals surface area (Å²) in [7, 11) is 0. The zero-order valence-corrected chi connectivity index (χ0v) is 23.2. The molecule has 2 saturated heterocycles. The summed E-state index contributed by atoms with van der Waals surface area (Å²) in [5, 5.41) is 3.19. The van der Waals surface area contributed by atoms with E-state index in [4.69, 9.17) is 9.47 Å². The molecule has 9 atom stereocenters. The van der Waals surface area contributed by atoms with Crippen molar-refractivity contribution in [3.63, 3.8) is 0 Å². The largest absolute Gasteiger partial charge is 0.450 e. The fourth-order valence-corrected chi connectivity index (χ4v) is 7.30. The molecular weight excluding hydrogens is 494 g/mol. The molecule has 4 aliphatic rings. The molecule has 1 aromatic rings. The highest BCUT2D eigenvalue weighted by molar-refractivity contribution is 6.15. The van der Waals surface area contributed by atoms with Crippen molar-refractivity contribution in [1.29, 1.82) is 0 Å². The van der Waals surface area contributed by atoms with Crippen molar-refractivity contribution >= 4 is 23.4 Å². The number of carbonyl (C=O) groups is 4. The number of ketones is 2. The molecule has 2 aliphatic carbocycles. The van der Waals surface area contributed by atoms with Gasteiger partial charge < -0.3 is 14.8 Å². The maximum absolute atomic E-state index is 14.3. The Kier molecular flexibility index (Phi) is 7.00. The van der Waals surface area contributed by atoms with Gasteiger partial charge in [0.25, 0.3) is 0 Å². The lowest BCUT2D eigenvalue weighted by Gasteiger charge is -2.45. The molecule has 2 heterocycles. The van der Waals surface area contributed by atoms with Gasteiger partial charge in [0, 0.05) is 24.8 Å². The van der Waals surface area contributed by atoms with Crippen LogP contribution in [0.3, 0.4) is 0 Å². The van der Waals surface area contributed by atoms with E-state index < -0.39 is 40.6 Å². The molecule has 2 aliphatic heterocycles. The first-order chi connectivity index (χ1) is 18.5. The van der Waals surface area contributed by atoms with Crippen molar-refractivity contribution in [2.24, 2.45) is 29.1 Å². The molecule has 1 amide bonds. The molecule has 39 heavy (non-hydrogen) atoms. The van der Waals surface area contributed by atoms with Crippen LogP contribution in [-0.4, -0.2) is 47.3 Å². The number of benzene rings is 1. The predicted molar refractivity (Wildman–Crippen MR) is 145 cm³/mol. The molecule has 1 N–H and O–H groups in total. The average Bonchev–Trinajstić information content (AvgIpc) is 3.50. The number of ether oxygens (including phenoxy) is 2. The maximum atomic E-state index is 14.3. The summed E-state index contributed by atoms with van der Waals surface area (Å²) in [6.45, 7) is 9.16. The van der Waals surface area contributed by atoms with E-state index in [1.165, 1.54) is 19.1 Å². The van der Waals surface area contributed by atoms with Crippen LogP contribution in [-0.2, 0) is 35.1 Å². The van der Waals surface area contributed by atoms with Crippen LogP contribution in [0.4, 0.5) is 0 Å². The molecule has 0 aromatic heterocycles. The number of hydrogen-bond acceptors (Lipinski definition) is 6. The zero-order valence-electron chi connectivity index (χ0n) is 23.2. The molecule has 5 rings (SSSR count). The minimum atomic E-state index is -1.41. The number of hydrogen-bond donors (Lipinski definition) is 1. The van der Waals surface area contributed by atoms with Crippen molar-refractivity contribution in [1.82, 2.24) is 5.32 Å². The average molecular weight is 532 g/mol. The van der Waals surface area contributed by atoms with Crippen LogP contribution in [0.5, 0.6) is 0 Å². The number of carbonyl (C=O) groups excluding carboxylic acids is 4.